The summed E-state index contributed by atoms with van der Waals surface area (Å²) in [6.45, 7) is 7.87. The van der Waals surface area contributed by atoms with Crippen LogP contribution in [0.3, 0.4) is 0 Å². The zero-order valence-corrected chi connectivity index (χ0v) is 9.52. The fourth-order valence-corrected chi connectivity index (χ4v) is 1.91. The summed E-state index contributed by atoms with van der Waals surface area (Å²) in [4.78, 5) is 4.44. The molecule has 0 amide bonds. The summed E-state index contributed by atoms with van der Waals surface area (Å²) in [5.74, 6) is 0. The molecule has 1 rings (SSSR count). The summed E-state index contributed by atoms with van der Waals surface area (Å²) in [5, 5.41) is 12.8. The van der Waals surface area contributed by atoms with Crippen LogP contribution in [-0.4, -0.2) is 65.9 Å². The molecule has 0 atom stereocenters. The van der Waals surface area contributed by atoms with Gasteiger partial charge >= 0.3 is 0 Å². The quantitative estimate of drug-likeness (QED) is 0.623. The highest BCUT2D eigenvalue weighted by Crippen LogP contribution is 2.01. The summed E-state index contributed by atoms with van der Waals surface area (Å²) < 4.78 is 0. The minimum absolute atomic E-state index is 0.248. The molecule has 1 aliphatic rings. The number of hydrogen-bond acceptors (Lipinski definition) is 3. The van der Waals surface area contributed by atoms with Crippen molar-refractivity contribution in [2.75, 3.05) is 45.9 Å². The highest BCUT2D eigenvalue weighted by atomic mass is 32.1. The van der Waals surface area contributed by atoms with Crippen LogP contribution in [0.1, 0.15) is 6.92 Å². The van der Waals surface area contributed by atoms with Gasteiger partial charge in [0, 0.05) is 39.3 Å². The average molecular weight is 217 g/mol. The minimum Gasteiger partial charge on any atom is -0.395 e. The van der Waals surface area contributed by atoms with Gasteiger partial charge in [0.05, 0.1) is 6.61 Å². The number of aliphatic hydroxyl groups is 1. The first kappa shape index (κ1) is 11.7. The van der Waals surface area contributed by atoms with Gasteiger partial charge in [-0.05, 0) is 19.1 Å². The summed E-state index contributed by atoms with van der Waals surface area (Å²) in [7, 11) is 0. The van der Waals surface area contributed by atoms with Crippen LogP contribution >= 0.6 is 12.2 Å². The average Bonchev–Trinajstić information content (AvgIpc) is 2.20. The topological polar surface area (TPSA) is 38.7 Å². The van der Waals surface area contributed by atoms with Crippen molar-refractivity contribution in [1.82, 2.24) is 15.1 Å². The molecular weight excluding hydrogens is 198 g/mol. The van der Waals surface area contributed by atoms with E-state index in [9.17, 15) is 0 Å². The lowest BCUT2D eigenvalue weighted by Crippen LogP contribution is -2.52. The van der Waals surface area contributed by atoms with Crippen molar-refractivity contribution >= 4 is 17.3 Å². The number of piperazine rings is 1. The molecule has 1 saturated heterocycles. The van der Waals surface area contributed by atoms with E-state index in [1.165, 1.54) is 0 Å². The molecule has 0 spiro atoms. The molecule has 1 heterocycles. The fraction of sp³-hybridized carbons (Fsp3) is 0.889. The van der Waals surface area contributed by atoms with E-state index >= 15 is 0 Å². The van der Waals surface area contributed by atoms with Gasteiger partial charge in [0.1, 0.15) is 0 Å². The molecule has 0 saturated carbocycles. The molecule has 82 valence electrons. The Labute approximate surface area is 90.9 Å². The smallest absolute Gasteiger partial charge is 0.169 e. The number of hydrogen-bond donors (Lipinski definition) is 2. The monoisotopic (exact) mass is 217 g/mol. The van der Waals surface area contributed by atoms with E-state index in [4.69, 9.17) is 17.3 Å². The highest BCUT2D eigenvalue weighted by Gasteiger charge is 2.17. The van der Waals surface area contributed by atoms with Crippen LogP contribution in [0, 0.1) is 0 Å². The van der Waals surface area contributed by atoms with Gasteiger partial charge in [0.25, 0.3) is 0 Å². The van der Waals surface area contributed by atoms with Crippen molar-refractivity contribution in [3.05, 3.63) is 0 Å². The van der Waals surface area contributed by atoms with Crippen molar-refractivity contribution < 1.29 is 5.11 Å². The molecule has 5 heteroatoms. The van der Waals surface area contributed by atoms with Gasteiger partial charge in [-0.2, -0.15) is 0 Å². The Morgan fingerprint density at radius 3 is 2.50 bits per heavy atom. The first-order valence-corrected chi connectivity index (χ1v) is 5.54. The number of nitrogens with one attached hydrogen (secondary N) is 1. The molecule has 1 fully saturated rings. The molecule has 1 aliphatic heterocycles. The zero-order chi connectivity index (χ0) is 10.4. The third kappa shape index (κ3) is 3.40. The Kier molecular flexibility index (Phi) is 5.14. The molecule has 0 unspecified atom stereocenters. The Morgan fingerprint density at radius 2 is 2.00 bits per heavy atom. The SMILES string of the molecule is CCNC(=S)N1CCN(CCO)CC1. The Morgan fingerprint density at radius 1 is 1.36 bits per heavy atom. The van der Waals surface area contributed by atoms with Crippen molar-refractivity contribution in [3.8, 4) is 0 Å². The largest absolute Gasteiger partial charge is 0.395 e. The van der Waals surface area contributed by atoms with E-state index in [1.54, 1.807) is 0 Å². The third-order valence-corrected chi connectivity index (χ3v) is 2.81. The maximum absolute atomic E-state index is 8.78. The van der Waals surface area contributed by atoms with Crippen LogP contribution in [0.2, 0.25) is 0 Å². The number of rotatable bonds is 3. The molecule has 0 aromatic carbocycles. The molecule has 0 radical (unpaired) electrons. The summed E-state index contributed by atoms with van der Waals surface area (Å²) in [5.41, 5.74) is 0. The zero-order valence-electron chi connectivity index (χ0n) is 8.70. The van der Waals surface area contributed by atoms with E-state index in [-0.39, 0.29) is 6.61 Å². The molecule has 0 aromatic heterocycles. The van der Waals surface area contributed by atoms with Crippen LogP contribution in [0.4, 0.5) is 0 Å². The summed E-state index contributed by atoms with van der Waals surface area (Å²) in [6, 6.07) is 0. The van der Waals surface area contributed by atoms with Crippen LogP contribution in [0.25, 0.3) is 0 Å². The van der Waals surface area contributed by atoms with Gasteiger partial charge < -0.3 is 15.3 Å². The first-order valence-electron chi connectivity index (χ1n) is 5.14. The second-order valence-corrected chi connectivity index (χ2v) is 3.77. The van der Waals surface area contributed by atoms with Gasteiger partial charge in [-0.1, -0.05) is 0 Å². The van der Waals surface area contributed by atoms with E-state index in [1.807, 2.05) is 6.92 Å². The normalized spacial score (nSPS) is 18.3. The number of aliphatic hydroxyl groups excluding tert-OH is 1. The van der Waals surface area contributed by atoms with E-state index in [2.05, 4.69) is 15.1 Å². The van der Waals surface area contributed by atoms with Gasteiger partial charge in [-0.15, -0.1) is 0 Å². The Balaban J connectivity index is 2.24. The van der Waals surface area contributed by atoms with Crippen molar-refractivity contribution in [1.29, 1.82) is 0 Å². The Bertz CT molecular complexity index is 181. The van der Waals surface area contributed by atoms with Gasteiger partial charge in [0.15, 0.2) is 5.11 Å². The van der Waals surface area contributed by atoms with E-state index in [0.717, 1.165) is 44.4 Å². The fourth-order valence-electron chi connectivity index (χ4n) is 1.58. The first-order chi connectivity index (χ1) is 6.77. The summed E-state index contributed by atoms with van der Waals surface area (Å²) >= 11 is 5.22. The molecule has 0 bridgehead atoms. The second-order valence-electron chi connectivity index (χ2n) is 3.39. The van der Waals surface area contributed by atoms with E-state index in [0.29, 0.717) is 0 Å². The molecule has 14 heavy (non-hydrogen) atoms. The van der Waals surface area contributed by atoms with Gasteiger partial charge in [-0.3, -0.25) is 4.90 Å². The Hall–Kier alpha value is -0.390. The predicted molar refractivity (Wildman–Crippen MR) is 61.4 cm³/mol. The number of thiocarbonyl (C=S) groups is 1. The number of nitrogens with zero attached hydrogens (tertiary/aromatic N) is 2. The minimum atomic E-state index is 0.248. The second kappa shape index (κ2) is 6.16. The standard InChI is InChI=1S/C9H19N3OS/c1-2-10-9(14)12-5-3-11(4-6-12)7-8-13/h13H,2-8H2,1H3,(H,10,14). The van der Waals surface area contributed by atoms with Crippen LogP contribution in [0.15, 0.2) is 0 Å². The predicted octanol–water partition coefficient (Wildman–Crippen LogP) is -0.509. The van der Waals surface area contributed by atoms with Crippen LogP contribution in [0.5, 0.6) is 0 Å². The lowest BCUT2D eigenvalue weighted by molar-refractivity contribution is 0.146. The van der Waals surface area contributed by atoms with Gasteiger partial charge in [0.2, 0.25) is 0 Å². The molecular formula is C9H19N3OS. The summed E-state index contributed by atoms with van der Waals surface area (Å²) in [6.07, 6.45) is 0. The van der Waals surface area contributed by atoms with Crippen LogP contribution < -0.4 is 5.32 Å². The molecule has 2 N–H and O–H groups in total. The lowest BCUT2D eigenvalue weighted by Gasteiger charge is -2.35. The molecule has 4 nitrogen and oxygen atoms in total. The molecule has 0 aromatic rings. The highest BCUT2D eigenvalue weighted by molar-refractivity contribution is 7.80. The van der Waals surface area contributed by atoms with Crippen molar-refractivity contribution in [3.63, 3.8) is 0 Å². The van der Waals surface area contributed by atoms with Crippen molar-refractivity contribution in [2.45, 2.75) is 6.92 Å². The number of β-amino-alcohol motifs (C(OH)–C–C–N with tert-alkyl or cyclic N) is 1. The van der Waals surface area contributed by atoms with Crippen LogP contribution in [-0.2, 0) is 0 Å². The third-order valence-electron chi connectivity index (χ3n) is 2.40. The lowest BCUT2D eigenvalue weighted by atomic mass is 10.3. The molecule has 0 aliphatic carbocycles. The van der Waals surface area contributed by atoms with Gasteiger partial charge in [-0.25, -0.2) is 0 Å². The maximum Gasteiger partial charge on any atom is 0.169 e. The van der Waals surface area contributed by atoms with Crippen molar-refractivity contribution in [2.24, 2.45) is 0 Å². The van der Waals surface area contributed by atoms with E-state index < -0.39 is 0 Å². The maximum atomic E-state index is 8.78.